The Labute approximate surface area is 134 Å². The molecular formula is C16H20N6O. The molecule has 2 aromatic rings. The molecule has 0 atom stereocenters. The zero-order valence-electron chi connectivity index (χ0n) is 13.1. The maximum Gasteiger partial charge on any atom is 0.272 e. The predicted octanol–water partition coefficient (Wildman–Crippen LogP) is 1.10. The van der Waals surface area contributed by atoms with Gasteiger partial charge in [-0.2, -0.15) is 5.10 Å². The molecule has 4 rings (SSSR count). The van der Waals surface area contributed by atoms with Gasteiger partial charge in [-0.15, -0.1) is 0 Å². The number of rotatable bonds is 4. The standard InChI is InChI=1S/C16H20N6O/c1-21-6-5-13(20-21)16(23)19-12-8-22(9-12)15-7-14(17-10-18-15)11-3-2-4-11/h5-7,10-12H,2-4,8-9H2,1H3,(H,19,23). The average molecular weight is 312 g/mol. The number of hydrogen-bond acceptors (Lipinski definition) is 5. The van der Waals surface area contributed by atoms with E-state index in [0.717, 1.165) is 24.6 Å². The fourth-order valence-corrected chi connectivity index (χ4v) is 3.01. The van der Waals surface area contributed by atoms with Crippen molar-refractivity contribution in [2.75, 3.05) is 18.0 Å². The Morgan fingerprint density at radius 2 is 2.13 bits per heavy atom. The van der Waals surface area contributed by atoms with Crippen molar-refractivity contribution in [3.05, 3.63) is 36.0 Å². The monoisotopic (exact) mass is 312 g/mol. The van der Waals surface area contributed by atoms with Crippen LogP contribution in [0.1, 0.15) is 41.4 Å². The van der Waals surface area contributed by atoms with Gasteiger partial charge in [-0.1, -0.05) is 6.42 Å². The normalized spacial score (nSPS) is 18.4. The summed E-state index contributed by atoms with van der Waals surface area (Å²) in [5, 5.41) is 7.12. The fourth-order valence-electron chi connectivity index (χ4n) is 3.01. The molecule has 120 valence electrons. The van der Waals surface area contributed by atoms with Crippen molar-refractivity contribution in [2.45, 2.75) is 31.2 Å². The summed E-state index contributed by atoms with van der Waals surface area (Å²) >= 11 is 0. The van der Waals surface area contributed by atoms with Gasteiger partial charge in [-0.3, -0.25) is 9.48 Å². The van der Waals surface area contributed by atoms with Gasteiger partial charge in [0.15, 0.2) is 0 Å². The summed E-state index contributed by atoms with van der Waals surface area (Å²) in [6.07, 6.45) is 7.20. The summed E-state index contributed by atoms with van der Waals surface area (Å²) in [6.45, 7) is 1.55. The Kier molecular flexibility index (Phi) is 3.48. The first-order valence-corrected chi connectivity index (χ1v) is 8.06. The maximum absolute atomic E-state index is 12.1. The molecule has 1 aliphatic heterocycles. The molecular weight excluding hydrogens is 292 g/mol. The second-order valence-electron chi connectivity index (χ2n) is 6.38. The van der Waals surface area contributed by atoms with Crippen LogP contribution in [0.15, 0.2) is 24.7 Å². The van der Waals surface area contributed by atoms with E-state index in [0.29, 0.717) is 11.6 Å². The van der Waals surface area contributed by atoms with Gasteiger partial charge in [-0.05, 0) is 18.9 Å². The van der Waals surface area contributed by atoms with Crippen molar-refractivity contribution in [3.8, 4) is 0 Å². The van der Waals surface area contributed by atoms with Crippen molar-refractivity contribution in [2.24, 2.45) is 7.05 Å². The Balaban J connectivity index is 1.33. The average Bonchev–Trinajstić information content (AvgIpc) is 2.87. The Bertz CT molecular complexity index is 717. The predicted molar refractivity (Wildman–Crippen MR) is 85.3 cm³/mol. The number of anilines is 1. The molecule has 0 aromatic carbocycles. The molecule has 1 aliphatic carbocycles. The molecule has 3 heterocycles. The minimum atomic E-state index is -0.118. The summed E-state index contributed by atoms with van der Waals surface area (Å²) in [4.78, 5) is 23.0. The lowest BCUT2D eigenvalue weighted by Crippen LogP contribution is -2.59. The first-order valence-electron chi connectivity index (χ1n) is 8.06. The van der Waals surface area contributed by atoms with Crippen molar-refractivity contribution in [3.63, 3.8) is 0 Å². The van der Waals surface area contributed by atoms with E-state index in [1.807, 2.05) is 0 Å². The van der Waals surface area contributed by atoms with Crippen LogP contribution >= 0.6 is 0 Å². The zero-order valence-corrected chi connectivity index (χ0v) is 13.1. The summed E-state index contributed by atoms with van der Waals surface area (Å²) in [5.41, 5.74) is 1.61. The van der Waals surface area contributed by atoms with E-state index < -0.39 is 0 Å². The second kappa shape index (κ2) is 5.64. The van der Waals surface area contributed by atoms with Gasteiger partial charge in [0, 0.05) is 44.0 Å². The van der Waals surface area contributed by atoms with Crippen LogP contribution in [0.3, 0.4) is 0 Å². The number of carbonyl (C=O) groups excluding carboxylic acids is 1. The van der Waals surface area contributed by atoms with Gasteiger partial charge >= 0.3 is 0 Å². The van der Waals surface area contributed by atoms with E-state index in [1.165, 1.54) is 19.3 Å². The van der Waals surface area contributed by atoms with Gasteiger partial charge in [0.2, 0.25) is 0 Å². The molecule has 1 amide bonds. The molecule has 2 aromatic heterocycles. The topological polar surface area (TPSA) is 75.9 Å². The molecule has 0 radical (unpaired) electrons. The van der Waals surface area contributed by atoms with Crippen molar-refractivity contribution in [1.82, 2.24) is 25.1 Å². The van der Waals surface area contributed by atoms with Crippen LogP contribution in [0, 0.1) is 0 Å². The molecule has 7 heteroatoms. The van der Waals surface area contributed by atoms with Crippen LogP contribution in [0.25, 0.3) is 0 Å². The molecule has 0 bridgehead atoms. The molecule has 0 spiro atoms. The first kappa shape index (κ1) is 14.2. The van der Waals surface area contributed by atoms with Crippen molar-refractivity contribution < 1.29 is 4.79 Å². The second-order valence-corrected chi connectivity index (χ2v) is 6.38. The number of nitrogens with zero attached hydrogens (tertiary/aromatic N) is 5. The highest BCUT2D eigenvalue weighted by Gasteiger charge is 2.30. The molecule has 0 unspecified atom stereocenters. The molecule has 1 N–H and O–H groups in total. The van der Waals surface area contributed by atoms with E-state index in [2.05, 4.69) is 31.3 Å². The van der Waals surface area contributed by atoms with Crippen molar-refractivity contribution >= 4 is 11.7 Å². The van der Waals surface area contributed by atoms with Crippen LogP contribution in [0.4, 0.5) is 5.82 Å². The quantitative estimate of drug-likeness (QED) is 0.915. The smallest absolute Gasteiger partial charge is 0.272 e. The van der Waals surface area contributed by atoms with E-state index in [1.54, 1.807) is 30.3 Å². The number of nitrogens with one attached hydrogen (secondary N) is 1. The SMILES string of the molecule is Cn1ccc(C(=O)NC2CN(c3cc(C4CCC4)ncn3)C2)n1. The highest BCUT2D eigenvalue weighted by Crippen LogP contribution is 2.36. The summed E-state index contributed by atoms with van der Waals surface area (Å²) < 4.78 is 1.63. The van der Waals surface area contributed by atoms with E-state index >= 15 is 0 Å². The van der Waals surface area contributed by atoms with Gasteiger partial charge in [0.1, 0.15) is 17.8 Å². The highest BCUT2D eigenvalue weighted by molar-refractivity contribution is 5.92. The number of aryl methyl sites for hydroxylation is 1. The van der Waals surface area contributed by atoms with E-state index in [9.17, 15) is 4.79 Å². The number of amides is 1. The van der Waals surface area contributed by atoms with Crippen LogP contribution in [-0.2, 0) is 7.05 Å². The molecule has 1 saturated heterocycles. The summed E-state index contributed by atoms with van der Waals surface area (Å²) in [5.74, 6) is 1.45. The molecule has 1 saturated carbocycles. The summed E-state index contributed by atoms with van der Waals surface area (Å²) in [7, 11) is 1.80. The minimum absolute atomic E-state index is 0.118. The lowest BCUT2D eigenvalue weighted by Gasteiger charge is -2.40. The number of aromatic nitrogens is 4. The van der Waals surface area contributed by atoms with Crippen LogP contribution in [0.2, 0.25) is 0 Å². The lowest BCUT2D eigenvalue weighted by atomic mass is 9.83. The summed E-state index contributed by atoms with van der Waals surface area (Å²) in [6, 6.07) is 3.97. The molecule has 7 nitrogen and oxygen atoms in total. The molecule has 2 aliphatic rings. The third kappa shape index (κ3) is 2.78. The third-order valence-corrected chi connectivity index (χ3v) is 4.68. The van der Waals surface area contributed by atoms with Gasteiger partial charge in [0.25, 0.3) is 5.91 Å². The Hall–Kier alpha value is -2.44. The van der Waals surface area contributed by atoms with Crippen molar-refractivity contribution in [1.29, 1.82) is 0 Å². The Morgan fingerprint density at radius 3 is 2.78 bits per heavy atom. The third-order valence-electron chi connectivity index (χ3n) is 4.68. The number of carbonyl (C=O) groups is 1. The van der Waals surface area contributed by atoms with Gasteiger partial charge in [0.05, 0.1) is 6.04 Å². The minimum Gasteiger partial charge on any atom is -0.352 e. The maximum atomic E-state index is 12.1. The molecule has 2 fully saturated rings. The molecule has 23 heavy (non-hydrogen) atoms. The highest BCUT2D eigenvalue weighted by atomic mass is 16.2. The lowest BCUT2D eigenvalue weighted by molar-refractivity contribution is 0.0924. The van der Waals surface area contributed by atoms with Crippen LogP contribution < -0.4 is 10.2 Å². The largest absolute Gasteiger partial charge is 0.352 e. The van der Waals surface area contributed by atoms with Crippen LogP contribution in [-0.4, -0.2) is 44.8 Å². The van der Waals surface area contributed by atoms with E-state index in [4.69, 9.17) is 0 Å². The Morgan fingerprint density at radius 1 is 1.30 bits per heavy atom. The number of hydrogen-bond donors (Lipinski definition) is 1. The first-order chi connectivity index (χ1) is 11.2. The van der Waals surface area contributed by atoms with Crippen LogP contribution in [0.5, 0.6) is 0 Å². The van der Waals surface area contributed by atoms with Gasteiger partial charge < -0.3 is 10.2 Å². The fraction of sp³-hybridized carbons (Fsp3) is 0.500. The zero-order chi connectivity index (χ0) is 15.8. The van der Waals surface area contributed by atoms with E-state index in [-0.39, 0.29) is 11.9 Å². The van der Waals surface area contributed by atoms with Gasteiger partial charge in [-0.25, -0.2) is 9.97 Å².